The van der Waals surface area contributed by atoms with Crippen molar-refractivity contribution >= 4 is 17.3 Å². The van der Waals surface area contributed by atoms with Crippen LogP contribution in [0, 0.1) is 17.0 Å². The lowest BCUT2D eigenvalue weighted by Gasteiger charge is -2.09. The van der Waals surface area contributed by atoms with Crippen molar-refractivity contribution < 1.29 is 9.72 Å². The third-order valence-corrected chi connectivity index (χ3v) is 4.53. The number of nitro groups is 1. The molecule has 0 saturated heterocycles. The second kappa shape index (κ2) is 6.60. The highest BCUT2D eigenvalue weighted by Crippen LogP contribution is 2.36. The fourth-order valence-corrected chi connectivity index (χ4v) is 2.92. The van der Waals surface area contributed by atoms with Crippen LogP contribution in [0.15, 0.2) is 42.5 Å². The summed E-state index contributed by atoms with van der Waals surface area (Å²) in [5.41, 5.74) is 1.97. The van der Waals surface area contributed by atoms with Gasteiger partial charge in [0.05, 0.1) is 11.0 Å². The van der Waals surface area contributed by atoms with Crippen molar-refractivity contribution in [1.82, 2.24) is 20.2 Å². The summed E-state index contributed by atoms with van der Waals surface area (Å²) < 4.78 is 1.82. The molecule has 136 valence electrons. The minimum absolute atomic E-state index is 0.0788. The molecule has 1 fully saturated rings. The fourth-order valence-electron chi connectivity index (χ4n) is 2.92. The second-order valence-electron chi connectivity index (χ2n) is 6.42. The smallest absolute Gasteiger partial charge is 0.273 e. The van der Waals surface area contributed by atoms with Gasteiger partial charge in [-0.25, -0.2) is 4.68 Å². The zero-order valence-corrected chi connectivity index (χ0v) is 14.5. The van der Waals surface area contributed by atoms with E-state index in [0.29, 0.717) is 23.1 Å². The Labute approximate surface area is 154 Å². The first-order valence-electron chi connectivity index (χ1n) is 8.48. The number of tetrazole rings is 1. The molecule has 1 aromatic heterocycles. The molecule has 0 bridgehead atoms. The van der Waals surface area contributed by atoms with E-state index in [9.17, 15) is 14.9 Å². The number of nitrogens with zero attached hydrogens (tertiary/aromatic N) is 5. The molecule has 3 aromatic rings. The first-order chi connectivity index (χ1) is 13.0. The monoisotopic (exact) mass is 364 g/mol. The van der Waals surface area contributed by atoms with Crippen LogP contribution >= 0.6 is 0 Å². The molecule has 4 rings (SSSR count). The summed E-state index contributed by atoms with van der Waals surface area (Å²) in [4.78, 5) is 23.1. The summed E-state index contributed by atoms with van der Waals surface area (Å²) in [5.74, 6) is 0.302. The summed E-state index contributed by atoms with van der Waals surface area (Å²) in [6, 6.07) is 12.0. The molecule has 0 unspecified atom stereocenters. The quantitative estimate of drug-likeness (QED) is 0.549. The van der Waals surface area contributed by atoms with Crippen molar-refractivity contribution in [1.29, 1.82) is 0 Å². The van der Waals surface area contributed by atoms with Crippen molar-refractivity contribution in [3.63, 3.8) is 0 Å². The van der Waals surface area contributed by atoms with E-state index in [1.807, 2.05) is 16.8 Å². The first-order valence-corrected chi connectivity index (χ1v) is 8.48. The number of rotatable bonds is 5. The molecule has 9 heteroatoms. The predicted molar refractivity (Wildman–Crippen MR) is 97.3 cm³/mol. The molecule has 0 atom stereocenters. The van der Waals surface area contributed by atoms with Crippen LogP contribution in [-0.2, 0) is 0 Å². The second-order valence-corrected chi connectivity index (χ2v) is 6.42. The van der Waals surface area contributed by atoms with Crippen LogP contribution in [0.25, 0.3) is 11.4 Å². The SMILES string of the molecule is Cc1c(C(=O)Nc2ccc(-c3nnnn3C3CC3)cc2)cccc1[N+](=O)[O-]. The van der Waals surface area contributed by atoms with Crippen molar-refractivity contribution in [2.24, 2.45) is 0 Å². The Kier molecular flexibility index (Phi) is 4.11. The van der Waals surface area contributed by atoms with Gasteiger partial charge in [0, 0.05) is 28.4 Å². The van der Waals surface area contributed by atoms with E-state index in [1.165, 1.54) is 12.1 Å². The van der Waals surface area contributed by atoms with E-state index in [0.717, 1.165) is 18.4 Å². The van der Waals surface area contributed by atoms with Crippen LogP contribution < -0.4 is 5.32 Å². The highest BCUT2D eigenvalue weighted by Gasteiger charge is 2.28. The van der Waals surface area contributed by atoms with Crippen LogP contribution in [-0.4, -0.2) is 31.0 Å². The van der Waals surface area contributed by atoms with Crippen molar-refractivity contribution in [2.45, 2.75) is 25.8 Å². The molecule has 1 aliphatic carbocycles. The molecule has 0 radical (unpaired) electrons. The lowest BCUT2D eigenvalue weighted by molar-refractivity contribution is -0.385. The minimum Gasteiger partial charge on any atom is -0.322 e. The van der Waals surface area contributed by atoms with Gasteiger partial charge in [-0.15, -0.1) is 5.10 Å². The summed E-state index contributed by atoms with van der Waals surface area (Å²) >= 11 is 0. The number of hydrogen-bond acceptors (Lipinski definition) is 6. The molecule has 1 N–H and O–H groups in total. The number of hydrogen-bond donors (Lipinski definition) is 1. The highest BCUT2D eigenvalue weighted by molar-refractivity contribution is 6.05. The van der Waals surface area contributed by atoms with E-state index < -0.39 is 10.8 Å². The summed E-state index contributed by atoms with van der Waals surface area (Å²) in [6.07, 6.45) is 2.16. The summed E-state index contributed by atoms with van der Waals surface area (Å²) in [7, 11) is 0. The minimum atomic E-state index is -0.495. The van der Waals surface area contributed by atoms with Crippen molar-refractivity contribution in [3.05, 3.63) is 63.7 Å². The third kappa shape index (κ3) is 3.26. The van der Waals surface area contributed by atoms with E-state index in [-0.39, 0.29) is 11.3 Å². The molecule has 1 aliphatic rings. The normalized spacial score (nSPS) is 13.4. The molecular weight excluding hydrogens is 348 g/mol. The fraction of sp³-hybridized carbons (Fsp3) is 0.222. The van der Waals surface area contributed by atoms with Gasteiger partial charge in [0.15, 0.2) is 5.82 Å². The zero-order valence-electron chi connectivity index (χ0n) is 14.5. The van der Waals surface area contributed by atoms with Crippen LogP contribution in [0.1, 0.15) is 34.8 Å². The van der Waals surface area contributed by atoms with E-state index >= 15 is 0 Å². The number of carbonyl (C=O) groups is 1. The molecule has 27 heavy (non-hydrogen) atoms. The van der Waals surface area contributed by atoms with Gasteiger partial charge >= 0.3 is 0 Å². The Morgan fingerprint density at radius 1 is 1.22 bits per heavy atom. The maximum absolute atomic E-state index is 12.5. The predicted octanol–water partition coefficient (Wildman–Crippen LogP) is 3.14. The van der Waals surface area contributed by atoms with Crippen LogP contribution in [0.2, 0.25) is 0 Å². The maximum Gasteiger partial charge on any atom is 0.273 e. The lowest BCUT2D eigenvalue weighted by atomic mass is 10.1. The molecular formula is C18H16N6O3. The summed E-state index contributed by atoms with van der Waals surface area (Å²) in [6.45, 7) is 1.56. The Morgan fingerprint density at radius 2 is 1.96 bits per heavy atom. The van der Waals surface area contributed by atoms with Crippen LogP contribution in [0.3, 0.4) is 0 Å². The van der Waals surface area contributed by atoms with E-state index in [4.69, 9.17) is 0 Å². The largest absolute Gasteiger partial charge is 0.322 e. The molecule has 0 aliphatic heterocycles. The number of benzene rings is 2. The van der Waals surface area contributed by atoms with Gasteiger partial charge in [-0.05, 0) is 60.5 Å². The van der Waals surface area contributed by atoms with E-state index in [1.54, 1.807) is 25.1 Å². The molecule has 0 spiro atoms. The average molecular weight is 364 g/mol. The van der Waals surface area contributed by atoms with Crippen molar-refractivity contribution in [2.75, 3.05) is 5.32 Å². The zero-order chi connectivity index (χ0) is 19.0. The van der Waals surface area contributed by atoms with Crippen molar-refractivity contribution in [3.8, 4) is 11.4 Å². The van der Waals surface area contributed by atoms with Crippen LogP contribution in [0.5, 0.6) is 0 Å². The molecule has 1 amide bonds. The Bertz CT molecular complexity index is 1020. The number of anilines is 1. The van der Waals surface area contributed by atoms with Gasteiger partial charge in [0.1, 0.15) is 0 Å². The highest BCUT2D eigenvalue weighted by atomic mass is 16.6. The van der Waals surface area contributed by atoms with Gasteiger partial charge in [-0.1, -0.05) is 6.07 Å². The average Bonchev–Trinajstić information content (AvgIpc) is 3.39. The number of nitro benzene ring substituents is 1. The number of aromatic nitrogens is 4. The molecule has 1 heterocycles. The Balaban J connectivity index is 1.53. The van der Waals surface area contributed by atoms with Gasteiger partial charge in [0.25, 0.3) is 11.6 Å². The van der Waals surface area contributed by atoms with Gasteiger partial charge in [0.2, 0.25) is 0 Å². The molecule has 1 saturated carbocycles. The molecule has 2 aromatic carbocycles. The number of carbonyl (C=O) groups excluding carboxylic acids is 1. The van der Waals surface area contributed by atoms with Crippen LogP contribution in [0.4, 0.5) is 11.4 Å². The molecule has 9 nitrogen and oxygen atoms in total. The number of nitrogens with one attached hydrogen (secondary N) is 1. The lowest BCUT2D eigenvalue weighted by Crippen LogP contribution is -2.14. The summed E-state index contributed by atoms with van der Waals surface area (Å²) in [5, 5.41) is 25.7. The van der Waals surface area contributed by atoms with E-state index in [2.05, 4.69) is 20.8 Å². The maximum atomic E-state index is 12.5. The standard InChI is InChI=1S/C18H16N6O3/c1-11-15(3-2-4-16(11)24(26)27)18(25)19-13-7-5-12(6-8-13)17-20-21-22-23(17)14-9-10-14/h2-8,14H,9-10H2,1H3,(H,19,25). The Hall–Kier alpha value is -3.62. The topological polar surface area (TPSA) is 116 Å². The number of amides is 1. The van der Waals surface area contributed by atoms with Gasteiger partial charge in [-0.3, -0.25) is 14.9 Å². The Morgan fingerprint density at radius 3 is 2.63 bits per heavy atom. The third-order valence-electron chi connectivity index (χ3n) is 4.53. The van der Waals surface area contributed by atoms with Gasteiger partial charge in [-0.2, -0.15) is 0 Å². The first kappa shape index (κ1) is 16.8. The van der Waals surface area contributed by atoms with Gasteiger partial charge < -0.3 is 5.32 Å².